The minimum absolute atomic E-state index is 0.434. The summed E-state index contributed by atoms with van der Waals surface area (Å²) in [4.78, 5) is 5.94. The van der Waals surface area contributed by atoms with Crippen LogP contribution >= 0.6 is 0 Å². The second-order valence-corrected chi connectivity index (χ2v) is 7.18. The van der Waals surface area contributed by atoms with E-state index in [9.17, 15) is 0 Å². The first-order valence-electron chi connectivity index (χ1n) is 9.34. The Hall–Kier alpha value is -1.52. The molecule has 1 aromatic carbocycles. The number of fused-ring (bicyclic) bond motifs is 1. The number of piperidine rings is 1. The van der Waals surface area contributed by atoms with Gasteiger partial charge in [0.05, 0.1) is 12.2 Å². The average Bonchev–Trinajstić information content (AvgIpc) is 3.25. The third-order valence-corrected chi connectivity index (χ3v) is 5.25. The summed E-state index contributed by atoms with van der Waals surface area (Å²) in [5.74, 6) is 1.09. The predicted octanol–water partition coefficient (Wildman–Crippen LogP) is 4.02. The number of hydrogen-bond acceptors (Lipinski definition) is 3. The van der Waals surface area contributed by atoms with Gasteiger partial charge >= 0.3 is 0 Å². The Morgan fingerprint density at radius 2 is 1.96 bits per heavy atom. The zero-order valence-corrected chi connectivity index (χ0v) is 14.8. The topological polar surface area (TPSA) is 37.5 Å². The fraction of sp³-hybridized carbons (Fsp3) is 0.600. The first kappa shape index (κ1) is 16.0. The summed E-state index contributed by atoms with van der Waals surface area (Å²) >= 11 is 0. The lowest BCUT2D eigenvalue weighted by Gasteiger charge is -2.32. The number of H-pyrrole nitrogens is 1. The van der Waals surface area contributed by atoms with Crippen molar-refractivity contribution in [1.82, 2.24) is 9.88 Å². The lowest BCUT2D eigenvalue weighted by molar-refractivity contribution is 0.0124. The number of ether oxygens (including phenoxy) is 2. The van der Waals surface area contributed by atoms with Gasteiger partial charge in [0.25, 0.3) is 0 Å². The van der Waals surface area contributed by atoms with Crippen molar-refractivity contribution < 1.29 is 9.47 Å². The summed E-state index contributed by atoms with van der Waals surface area (Å²) in [7, 11) is 0. The normalized spacial score (nSPS) is 19.9. The van der Waals surface area contributed by atoms with Crippen LogP contribution in [0.15, 0.2) is 18.3 Å². The van der Waals surface area contributed by atoms with Crippen molar-refractivity contribution in [1.29, 1.82) is 0 Å². The Kier molecular flexibility index (Phi) is 4.51. The van der Waals surface area contributed by atoms with Gasteiger partial charge in [-0.2, -0.15) is 0 Å². The van der Waals surface area contributed by atoms with Gasteiger partial charge in [-0.05, 0) is 57.2 Å². The van der Waals surface area contributed by atoms with Crippen molar-refractivity contribution in [2.45, 2.75) is 58.3 Å². The summed E-state index contributed by atoms with van der Waals surface area (Å²) < 4.78 is 12.0. The molecule has 1 saturated carbocycles. The van der Waals surface area contributed by atoms with Crippen LogP contribution in [0.3, 0.4) is 0 Å². The first-order chi connectivity index (χ1) is 11.7. The molecular formula is C20H28N2O2. The van der Waals surface area contributed by atoms with Crippen LogP contribution in [0.4, 0.5) is 0 Å². The van der Waals surface area contributed by atoms with Gasteiger partial charge in [-0.1, -0.05) is 0 Å². The Morgan fingerprint density at radius 3 is 2.67 bits per heavy atom. The zero-order valence-electron chi connectivity index (χ0n) is 14.8. The largest absolute Gasteiger partial charge is 0.490 e. The molecule has 0 amide bonds. The Balaban J connectivity index is 1.56. The van der Waals surface area contributed by atoms with E-state index in [1.165, 1.54) is 34.9 Å². The van der Waals surface area contributed by atoms with E-state index in [-0.39, 0.29) is 0 Å². The van der Waals surface area contributed by atoms with E-state index < -0.39 is 0 Å². The van der Waals surface area contributed by atoms with Crippen molar-refractivity contribution in [3.05, 3.63) is 29.5 Å². The van der Waals surface area contributed by atoms with E-state index in [1.807, 2.05) is 6.20 Å². The third-order valence-electron chi connectivity index (χ3n) is 5.25. The third kappa shape index (κ3) is 3.31. The van der Waals surface area contributed by atoms with E-state index in [1.54, 1.807) is 0 Å². The molecule has 0 spiro atoms. The van der Waals surface area contributed by atoms with E-state index in [0.717, 1.165) is 44.8 Å². The monoisotopic (exact) mass is 328 g/mol. The highest BCUT2D eigenvalue weighted by atomic mass is 16.5. The number of aryl methyl sites for hydroxylation is 1. The van der Waals surface area contributed by atoms with Crippen LogP contribution in [0.1, 0.15) is 43.7 Å². The summed E-state index contributed by atoms with van der Waals surface area (Å²) in [6, 6.07) is 4.42. The van der Waals surface area contributed by atoms with Gasteiger partial charge in [-0.15, -0.1) is 0 Å². The summed E-state index contributed by atoms with van der Waals surface area (Å²) in [5, 5.41) is 1.32. The van der Waals surface area contributed by atoms with Crippen LogP contribution in [-0.4, -0.2) is 41.8 Å². The lowest BCUT2D eigenvalue weighted by Crippen LogP contribution is -2.36. The number of nitrogens with one attached hydrogen (secondary N) is 1. The maximum absolute atomic E-state index is 6.25. The number of aromatic amines is 1. The molecule has 2 heterocycles. The molecule has 0 bridgehead atoms. The number of nitrogens with zero attached hydrogens (tertiary/aromatic N) is 1. The fourth-order valence-electron chi connectivity index (χ4n) is 3.76. The van der Waals surface area contributed by atoms with Crippen LogP contribution in [0.2, 0.25) is 0 Å². The molecule has 1 N–H and O–H groups in total. The minimum atomic E-state index is 0.434. The molecule has 1 saturated heterocycles. The molecule has 130 valence electrons. The highest BCUT2D eigenvalue weighted by Gasteiger charge is 2.27. The minimum Gasteiger partial charge on any atom is -0.490 e. The Morgan fingerprint density at radius 1 is 1.17 bits per heavy atom. The van der Waals surface area contributed by atoms with Crippen molar-refractivity contribution in [3.63, 3.8) is 0 Å². The molecule has 1 aliphatic heterocycles. The molecule has 24 heavy (non-hydrogen) atoms. The molecule has 0 atom stereocenters. The van der Waals surface area contributed by atoms with Crippen molar-refractivity contribution >= 4 is 10.9 Å². The predicted molar refractivity (Wildman–Crippen MR) is 96.6 cm³/mol. The zero-order chi connectivity index (χ0) is 16.5. The molecule has 1 aliphatic carbocycles. The quantitative estimate of drug-likeness (QED) is 0.870. The molecule has 4 nitrogen and oxygen atoms in total. The van der Waals surface area contributed by atoms with Gasteiger partial charge < -0.3 is 14.5 Å². The molecule has 1 aromatic heterocycles. The molecule has 2 fully saturated rings. The molecular weight excluding hydrogens is 300 g/mol. The van der Waals surface area contributed by atoms with Gasteiger partial charge in [0.2, 0.25) is 0 Å². The van der Waals surface area contributed by atoms with Crippen molar-refractivity contribution in [2.24, 2.45) is 0 Å². The fourth-order valence-corrected chi connectivity index (χ4v) is 3.76. The van der Waals surface area contributed by atoms with E-state index in [2.05, 4.69) is 35.9 Å². The SMILES string of the molecule is CCOC1CCN(Cc2c(OC3CC3)cc(C)c3[nH]ccc23)CC1. The summed E-state index contributed by atoms with van der Waals surface area (Å²) in [5.41, 5.74) is 3.86. The van der Waals surface area contributed by atoms with Gasteiger partial charge in [-0.3, -0.25) is 4.90 Å². The van der Waals surface area contributed by atoms with Crippen LogP contribution in [0.25, 0.3) is 10.9 Å². The standard InChI is InChI=1S/C20H28N2O2/c1-3-23-15-7-10-22(11-8-15)13-18-17-6-9-21-20(17)14(2)12-19(18)24-16-4-5-16/h6,9,12,15-16,21H,3-5,7-8,10-11,13H2,1-2H3. The second-order valence-electron chi connectivity index (χ2n) is 7.18. The smallest absolute Gasteiger partial charge is 0.125 e. The highest BCUT2D eigenvalue weighted by Crippen LogP contribution is 2.36. The van der Waals surface area contributed by atoms with Crippen molar-refractivity contribution in [2.75, 3.05) is 19.7 Å². The Bertz CT molecular complexity index is 697. The maximum Gasteiger partial charge on any atom is 0.125 e. The van der Waals surface area contributed by atoms with Crippen LogP contribution < -0.4 is 4.74 Å². The van der Waals surface area contributed by atoms with Gasteiger partial charge in [0.15, 0.2) is 0 Å². The van der Waals surface area contributed by atoms with Gasteiger partial charge in [0, 0.05) is 48.9 Å². The number of aromatic nitrogens is 1. The lowest BCUT2D eigenvalue weighted by atomic mass is 10.0. The van der Waals surface area contributed by atoms with E-state index >= 15 is 0 Å². The average molecular weight is 328 g/mol. The first-order valence-corrected chi connectivity index (χ1v) is 9.34. The van der Waals surface area contributed by atoms with Crippen LogP contribution in [-0.2, 0) is 11.3 Å². The number of rotatable bonds is 6. The number of hydrogen-bond donors (Lipinski definition) is 1. The summed E-state index contributed by atoms with van der Waals surface area (Å²) in [6.07, 6.45) is 7.58. The van der Waals surface area contributed by atoms with Crippen LogP contribution in [0.5, 0.6) is 5.75 Å². The molecule has 4 heteroatoms. The molecule has 2 aromatic rings. The summed E-state index contributed by atoms with van der Waals surface area (Å²) in [6.45, 7) is 8.25. The number of likely N-dealkylation sites (tertiary alicyclic amines) is 1. The van der Waals surface area contributed by atoms with Crippen molar-refractivity contribution in [3.8, 4) is 5.75 Å². The van der Waals surface area contributed by atoms with E-state index in [4.69, 9.17) is 9.47 Å². The number of benzene rings is 1. The highest BCUT2D eigenvalue weighted by molar-refractivity contribution is 5.88. The van der Waals surface area contributed by atoms with Crippen LogP contribution in [0, 0.1) is 6.92 Å². The maximum atomic E-state index is 6.25. The van der Waals surface area contributed by atoms with E-state index in [0.29, 0.717) is 12.2 Å². The second kappa shape index (κ2) is 6.77. The Labute approximate surface area is 144 Å². The van der Waals surface area contributed by atoms with Gasteiger partial charge in [-0.25, -0.2) is 0 Å². The molecule has 4 rings (SSSR count). The molecule has 0 radical (unpaired) electrons. The molecule has 0 unspecified atom stereocenters. The molecule has 2 aliphatic rings. The van der Waals surface area contributed by atoms with Gasteiger partial charge in [0.1, 0.15) is 5.75 Å².